The smallest absolute Gasteiger partial charge is 0.179 e. The topological polar surface area (TPSA) is 87.2 Å². The zero-order valence-corrected chi connectivity index (χ0v) is 11.8. The van der Waals surface area contributed by atoms with E-state index < -0.39 is 9.84 Å². The fraction of sp³-hybridized carbons (Fsp3) is 0.462. The highest BCUT2D eigenvalue weighted by molar-refractivity contribution is 7.91. The third kappa shape index (κ3) is 3.54. The fourth-order valence-electron chi connectivity index (χ4n) is 1.94. The fourth-order valence-corrected chi connectivity index (χ4v) is 3.29. The summed E-state index contributed by atoms with van der Waals surface area (Å²) in [5, 5.41) is 7.35. The number of hydrogen-bond acceptors (Lipinski definition) is 4. The van der Waals surface area contributed by atoms with Gasteiger partial charge < -0.3 is 10.6 Å². The Morgan fingerprint density at radius 1 is 1.47 bits per heavy atom. The molecule has 0 amide bonds. The van der Waals surface area contributed by atoms with Crippen molar-refractivity contribution in [3.63, 3.8) is 0 Å². The van der Waals surface area contributed by atoms with Crippen molar-refractivity contribution in [2.75, 3.05) is 19.3 Å². The summed E-state index contributed by atoms with van der Waals surface area (Å²) in [6.07, 6.45) is 2.33. The Bertz CT molecular complexity index is 579. The highest BCUT2D eigenvalue weighted by Crippen LogP contribution is 2.25. The van der Waals surface area contributed by atoms with Gasteiger partial charge in [-0.1, -0.05) is 12.1 Å². The summed E-state index contributed by atoms with van der Waals surface area (Å²) in [5.41, 5.74) is 5.82. The Labute approximate surface area is 113 Å². The van der Waals surface area contributed by atoms with Crippen LogP contribution >= 0.6 is 0 Å². The first kappa shape index (κ1) is 14.0. The van der Waals surface area contributed by atoms with Gasteiger partial charge in [-0.25, -0.2) is 8.42 Å². The van der Waals surface area contributed by atoms with Gasteiger partial charge in [-0.15, -0.1) is 0 Å². The SMILES string of the molecule is CN(CCS(=O)(=O)c1cccc(C(=N)N)c1)C1CC1. The molecule has 1 aromatic carbocycles. The van der Waals surface area contributed by atoms with E-state index in [1.165, 1.54) is 6.07 Å². The number of nitrogens with two attached hydrogens (primary N) is 1. The normalized spacial score (nSPS) is 15.7. The van der Waals surface area contributed by atoms with Crippen LogP contribution in [-0.2, 0) is 9.84 Å². The lowest BCUT2D eigenvalue weighted by Gasteiger charge is -2.15. The largest absolute Gasteiger partial charge is 0.384 e. The van der Waals surface area contributed by atoms with Gasteiger partial charge in [0, 0.05) is 18.2 Å². The van der Waals surface area contributed by atoms with Gasteiger partial charge in [0.05, 0.1) is 10.6 Å². The van der Waals surface area contributed by atoms with Crippen molar-refractivity contribution >= 4 is 15.7 Å². The first-order chi connectivity index (χ1) is 8.90. The molecular formula is C13H19N3O2S. The molecule has 0 unspecified atom stereocenters. The maximum Gasteiger partial charge on any atom is 0.179 e. The number of benzene rings is 1. The van der Waals surface area contributed by atoms with Gasteiger partial charge in [0.15, 0.2) is 9.84 Å². The number of amidine groups is 1. The average Bonchev–Trinajstić information content (AvgIpc) is 3.20. The summed E-state index contributed by atoms with van der Waals surface area (Å²) in [6.45, 7) is 0.539. The maximum absolute atomic E-state index is 12.2. The second-order valence-corrected chi connectivity index (χ2v) is 7.08. The molecule has 0 aromatic heterocycles. The zero-order valence-electron chi connectivity index (χ0n) is 11.0. The molecule has 1 saturated carbocycles. The third-order valence-corrected chi connectivity index (χ3v) is 5.08. The van der Waals surface area contributed by atoms with Crippen LogP contribution < -0.4 is 5.73 Å². The number of nitrogens with one attached hydrogen (secondary N) is 1. The minimum absolute atomic E-state index is 0.0986. The molecule has 0 heterocycles. The van der Waals surface area contributed by atoms with E-state index in [1.54, 1.807) is 18.2 Å². The third-order valence-electron chi connectivity index (χ3n) is 3.39. The Morgan fingerprint density at radius 2 is 2.16 bits per heavy atom. The highest BCUT2D eigenvalue weighted by Gasteiger charge is 2.27. The van der Waals surface area contributed by atoms with Crippen molar-refractivity contribution in [2.45, 2.75) is 23.8 Å². The van der Waals surface area contributed by atoms with Gasteiger partial charge in [0.25, 0.3) is 0 Å². The van der Waals surface area contributed by atoms with Crippen molar-refractivity contribution in [3.8, 4) is 0 Å². The molecule has 0 bridgehead atoms. The molecule has 0 saturated heterocycles. The first-order valence-corrected chi connectivity index (χ1v) is 7.93. The number of sulfone groups is 1. The Morgan fingerprint density at radius 3 is 2.74 bits per heavy atom. The lowest BCUT2D eigenvalue weighted by molar-refractivity contribution is 0.343. The Hall–Kier alpha value is -1.40. The average molecular weight is 281 g/mol. The Kier molecular flexibility index (Phi) is 3.91. The van der Waals surface area contributed by atoms with E-state index in [4.69, 9.17) is 11.1 Å². The van der Waals surface area contributed by atoms with E-state index in [2.05, 4.69) is 4.90 Å². The monoisotopic (exact) mass is 281 g/mol. The molecule has 3 N–H and O–H groups in total. The number of hydrogen-bond donors (Lipinski definition) is 2. The first-order valence-electron chi connectivity index (χ1n) is 6.27. The number of rotatable bonds is 6. The minimum Gasteiger partial charge on any atom is -0.384 e. The van der Waals surface area contributed by atoms with Crippen LogP contribution in [0, 0.1) is 5.41 Å². The molecule has 1 fully saturated rings. The minimum atomic E-state index is -3.31. The van der Waals surface area contributed by atoms with Gasteiger partial charge in [-0.3, -0.25) is 5.41 Å². The lowest BCUT2D eigenvalue weighted by Crippen LogP contribution is -2.27. The molecule has 1 aliphatic rings. The molecule has 6 heteroatoms. The van der Waals surface area contributed by atoms with Crippen LogP contribution in [0.2, 0.25) is 0 Å². The van der Waals surface area contributed by atoms with Crippen LogP contribution in [0.4, 0.5) is 0 Å². The summed E-state index contributed by atoms with van der Waals surface area (Å²) in [4.78, 5) is 2.33. The van der Waals surface area contributed by atoms with Crippen molar-refractivity contribution < 1.29 is 8.42 Å². The Balaban J connectivity index is 2.09. The second kappa shape index (κ2) is 5.30. The highest BCUT2D eigenvalue weighted by atomic mass is 32.2. The molecule has 5 nitrogen and oxygen atoms in total. The van der Waals surface area contributed by atoms with Gasteiger partial charge >= 0.3 is 0 Å². The van der Waals surface area contributed by atoms with Crippen LogP contribution in [-0.4, -0.2) is 44.5 Å². The van der Waals surface area contributed by atoms with Crippen molar-refractivity contribution in [1.82, 2.24) is 4.90 Å². The van der Waals surface area contributed by atoms with E-state index in [0.29, 0.717) is 18.2 Å². The standard InChI is InChI=1S/C13H19N3O2S/c1-16(11-5-6-11)7-8-19(17,18)12-4-2-3-10(9-12)13(14)15/h2-4,9,11H,5-8H2,1H3,(H3,14,15). The van der Waals surface area contributed by atoms with E-state index >= 15 is 0 Å². The zero-order chi connectivity index (χ0) is 14.0. The molecule has 0 aliphatic heterocycles. The van der Waals surface area contributed by atoms with Gasteiger partial charge in [-0.2, -0.15) is 0 Å². The van der Waals surface area contributed by atoms with Gasteiger partial charge in [0.2, 0.25) is 0 Å². The number of nitrogen functional groups attached to an aromatic ring is 1. The van der Waals surface area contributed by atoms with Gasteiger partial charge in [0.1, 0.15) is 5.84 Å². The quantitative estimate of drug-likeness (QED) is 0.597. The summed E-state index contributed by atoms with van der Waals surface area (Å²) in [5.74, 6) is -0.0198. The van der Waals surface area contributed by atoms with Crippen molar-refractivity contribution in [1.29, 1.82) is 5.41 Å². The summed E-state index contributed by atoms with van der Waals surface area (Å²) >= 11 is 0. The second-order valence-electron chi connectivity index (χ2n) is 4.97. The van der Waals surface area contributed by atoms with Crippen LogP contribution in [0.5, 0.6) is 0 Å². The number of nitrogens with zero attached hydrogens (tertiary/aromatic N) is 1. The molecule has 1 aliphatic carbocycles. The van der Waals surface area contributed by atoms with E-state index in [9.17, 15) is 8.42 Å². The van der Waals surface area contributed by atoms with Crippen molar-refractivity contribution in [3.05, 3.63) is 29.8 Å². The summed E-state index contributed by atoms with van der Waals surface area (Å²) in [7, 11) is -1.35. The lowest BCUT2D eigenvalue weighted by atomic mass is 10.2. The molecule has 0 atom stereocenters. The molecule has 1 aromatic rings. The summed E-state index contributed by atoms with van der Waals surface area (Å²) in [6, 6.07) is 6.83. The molecule has 0 radical (unpaired) electrons. The predicted molar refractivity (Wildman–Crippen MR) is 75.2 cm³/mol. The van der Waals surface area contributed by atoms with Crippen LogP contribution in [0.15, 0.2) is 29.2 Å². The molecule has 2 rings (SSSR count). The van der Waals surface area contributed by atoms with Crippen LogP contribution in [0.25, 0.3) is 0 Å². The molecule has 19 heavy (non-hydrogen) atoms. The maximum atomic E-state index is 12.2. The predicted octanol–water partition coefficient (Wildman–Crippen LogP) is 0.839. The molecule has 104 valence electrons. The van der Waals surface area contributed by atoms with E-state index in [1.807, 2.05) is 7.05 Å². The summed E-state index contributed by atoms with van der Waals surface area (Å²) < 4.78 is 24.4. The van der Waals surface area contributed by atoms with E-state index in [0.717, 1.165) is 12.8 Å². The van der Waals surface area contributed by atoms with Crippen LogP contribution in [0.3, 0.4) is 0 Å². The van der Waals surface area contributed by atoms with Gasteiger partial charge in [-0.05, 0) is 32.0 Å². The van der Waals surface area contributed by atoms with Crippen molar-refractivity contribution in [2.24, 2.45) is 5.73 Å². The van der Waals surface area contributed by atoms with Crippen LogP contribution in [0.1, 0.15) is 18.4 Å². The van der Waals surface area contributed by atoms with E-state index in [-0.39, 0.29) is 16.5 Å². The molecular weight excluding hydrogens is 262 g/mol. The molecule has 0 spiro atoms.